The number of rotatable bonds is 8. The first-order valence-corrected chi connectivity index (χ1v) is 9.67. The van der Waals surface area contributed by atoms with Crippen molar-refractivity contribution in [1.29, 1.82) is 0 Å². The van der Waals surface area contributed by atoms with Crippen LogP contribution in [0, 0.1) is 5.92 Å². The number of carboxylic acids is 1. The molecule has 0 radical (unpaired) electrons. The van der Waals surface area contributed by atoms with Crippen molar-refractivity contribution in [3.63, 3.8) is 0 Å². The van der Waals surface area contributed by atoms with Gasteiger partial charge in [0.05, 0.1) is 0 Å². The van der Waals surface area contributed by atoms with Crippen LogP contribution in [0.1, 0.15) is 60.3 Å². The van der Waals surface area contributed by atoms with E-state index in [-0.39, 0.29) is 18.7 Å². The number of alkyl carbamates (subject to hydrolysis) is 1. The molecule has 0 aromatic carbocycles. The van der Waals surface area contributed by atoms with Crippen LogP contribution in [0.2, 0.25) is 0 Å². The molecule has 1 rings (SSSR count). The number of hydrogen-bond donors (Lipinski definition) is 4. The van der Waals surface area contributed by atoms with Gasteiger partial charge in [0.1, 0.15) is 23.4 Å². The van der Waals surface area contributed by atoms with Gasteiger partial charge >= 0.3 is 12.1 Å². The lowest BCUT2D eigenvalue weighted by Gasteiger charge is -2.28. The Hall–Kier alpha value is -2.39. The maximum atomic E-state index is 14.2. The molecule has 0 aromatic heterocycles. The summed E-state index contributed by atoms with van der Waals surface area (Å²) in [5.74, 6) is -2.97. The first-order chi connectivity index (χ1) is 13.2. The highest BCUT2D eigenvalue weighted by Crippen LogP contribution is 2.20. The van der Waals surface area contributed by atoms with E-state index in [0.29, 0.717) is 13.0 Å². The fraction of sp³-hybridized carbons (Fsp3) is 0.789. The molecule has 0 saturated carbocycles. The van der Waals surface area contributed by atoms with Gasteiger partial charge in [-0.05, 0) is 53.9 Å². The Morgan fingerprint density at radius 1 is 1.21 bits per heavy atom. The number of nitrogens with one attached hydrogen (secondary N) is 3. The molecule has 0 bridgehead atoms. The number of ether oxygens (including phenoxy) is 1. The molecule has 166 valence electrons. The summed E-state index contributed by atoms with van der Waals surface area (Å²) in [6.45, 7) is 7.92. The van der Waals surface area contributed by atoms with Crippen LogP contribution >= 0.6 is 0 Å². The second-order valence-electron chi connectivity index (χ2n) is 8.89. The Bertz CT molecular complexity index is 626. The molecule has 3 unspecified atom stereocenters. The molecule has 1 fully saturated rings. The predicted octanol–water partition coefficient (Wildman–Crippen LogP) is 1.50. The number of alkyl halides is 1. The van der Waals surface area contributed by atoms with E-state index in [2.05, 4.69) is 16.0 Å². The van der Waals surface area contributed by atoms with Crippen molar-refractivity contribution in [3.8, 4) is 0 Å². The fourth-order valence-electron chi connectivity index (χ4n) is 2.98. The van der Waals surface area contributed by atoms with Gasteiger partial charge in [-0.2, -0.15) is 0 Å². The van der Waals surface area contributed by atoms with E-state index in [9.17, 15) is 28.7 Å². The number of piperidine rings is 1. The molecule has 3 atom stereocenters. The number of aliphatic carboxylic acids is 1. The standard InChI is InChI=1S/C19H32FN3O6/c1-18(2,3)29-17(28)23-13(10-19(4,5)20)15(25)22-12(16(26)27)9-11-7-6-8-21-14(11)24/h11-13H,6-10H2,1-5H3,(H,21,24)(H,22,25)(H,23,28)(H,26,27). The molecular weight excluding hydrogens is 385 g/mol. The molecule has 1 aliphatic heterocycles. The van der Waals surface area contributed by atoms with Gasteiger partial charge in [-0.1, -0.05) is 0 Å². The van der Waals surface area contributed by atoms with E-state index in [4.69, 9.17) is 4.74 Å². The fourth-order valence-corrected chi connectivity index (χ4v) is 2.98. The lowest BCUT2D eigenvalue weighted by atomic mass is 9.91. The Morgan fingerprint density at radius 3 is 2.31 bits per heavy atom. The summed E-state index contributed by atoms with van der Waals surface area (Å²) >= 11 is 0. The van der Waals surface area contributed by atoms with Crippen molar-refractivity contribution in [1.82, 2.24) is 16.0 Å². The summed E-state index contributed by atoms with van der Waals surface area (Å²) in [5.41, 5.74) is -2.63. The third-order valence-electron chi connectivity index (χ3n) is 4.23. The highest BCUT2D eigenvalue weighted by atomic mass is 19.1. The van der Waals surface area contributed by atoms with Crippen molar-refractivity contribution in [2.24, 2.45) is 5.92 Å². The summed E-state index contributed by atoms with van der Waals surface area (Å²) in [6.07, 6.45) is -0.155. The average Bonchev–Trinajstić information content (AvgIpc) is 2.52. The Labute approximate surface area is 170 Å². The smallest absolute Gasteiger partial charge is 0.408 e. The second-order valence-corrected chi connectivity index (χ2v) is 8.89. The molecule has 0 aromatic rings. The number of carboxylic acid groups (broad SMARTS) is 1. The molecule has 4 N–H and O–H groups in total. The zero-order valence-corrected chi connectivity index (χ0v) is 17.6. The van der Waals surface area contributed by atoms with Crippen LogP contribution in [0.3, 0.4) is 0 Å². The molecule has 9 nitrogen and oxygen atoms in total. The lowest BCUT2D eigenvalue weighted by molar-refractivity contribution is -0.143. The van der Waals surface area contributed by atoms with E-state index in [0.717, 1.165) is 6.42 Å². The predicted molar refractivity (Wildman–Crippen MR) is 103 cm³/mol. The maximum Gasteiger partial charge on any atom is 0.408 e. The maximum absolute atomic E-state index is 14.2. The molecule has 10 heteroatoms. The van der Waals surface area contributed by atoms with Crippen LogP contribution in [-0.4, -0.2) is 58.9 Å². The number of carbonyl (C=O) groups is 4. The van der Waals surface area contributed by atoms with Crippen LogP contribution in [-0.2, 0) is 19.1 Å². The van der Waals surface area contributed by atoms with Crippen LogP contribution in [0.5, 0.6) is 0 Å². The lowest BCUT2D eigenvalue weighted by Crippen LogP contribution is -2.54. The zero-order valence-electron chi connectivity index (χ0n) is 17.6. The van der Waals surface area contributed by atoms with Gasteiger partial charge in [0.2, 0.25) is 11.8 Å². The summed E-state index contributed by atoms with van der Waals surface area (Å²) < 4.78 is 19.3. The zero-order chi connectivity index (χ0) is 22.4. The van der Waals surface area contributed by atoms with Gasteiger partial charge in [-0.15, -0.1) is 0 Å². The monoisotopic (exact) mass is 417 g/mol. The Balaban J connectivity index is 2.87. The minimum absolute atomic E-state index is 0.0922. The SMILES string of the molecule is CC(C)(F)CC(NC(=O)OC(C)(C)C)C(=O)NC(CC1CCCNC1=O)C(=O)O. The van der Waals surface area contributed by atoms with Gasteiger partial charge in [-0.3, -0.25) is 9.59 Å². The minimum atomic E-state index is -1.81. The van der Waals surface area contributed by atoms with Crippen LogP contribution in [0.4, 0.5) is 9.18 Å². The van der Waals surface area contributed by atoms with E-state index >= 15 is 0 Å². The van der Waals surface area contributed by atoms with Gasteiger partial charge in [-0.25, -0.2) is 14.0 Å². The van der Waals surface area contributed by atoms with Crippen LogP contribution in [0.25, 0.3) is 0 Å². The normalized spacial score (nSPS) is 19.5. The highest BCUT2D eigenvalue weighted by Gasteiger charge is 2.35. The van der Waals surface area contributed by atoms with Crippen molar-refractivity contribution in [2.45, 2.75) is 83.7 Å². The largest absolute Gasteiger partial charge is 0.480 e. The third-order valence-corrected chi connectivity index (χ3v) is 4.23. The van der Waals surface area contributed by atoms with Crippen LogP contribution < -0.4 is 16.0 Å². The van der Waals surface area contributed by atoms with Gasteiger partial charge < -0.3 is 25.8 Å². The molecule has 1 heterocycles. The van der Waals surface area contributed by atoms with Gasteiger partial charge in [0.15, 0.2) is 0 Å². The number of amides is 3. The van der Waals surface area contributed by atoms with Crippen molar-refractivity contribution < 1.29 is 33.4 Å². The Morgan fingerprint density at radius 2 is 1.83 bits per heavy atom. The summed E-state index contributed by atoms with van der Waals surface area (Å²) in [4.78, 5) is 48.2. The topological polar surface area (TPSA) is 134 Å². The molecule has 29 heavy (non-hydrogen) atoms. The summed E-state index contributed by atoms with van der Waals surface area (Å²) in [5, 5.41) is 16.7. The van der Waals surface area contributed by atoms with E-state index in [1.54, 1.807) is 20.8 Å². The van der Waals surface area contributed by atoms with Gasteiger partial charge in [0.25, 0.3) is 0 Å². The third kappa shape index (κ3) is 9.58. The Kier molecular flexibility index (Phi) is 8.40. The number of hydrogen-bond acceptors (Lipinski definition) is 5. The average molecular weight is 417 g/mol. The quantitative estimate of drug-likeness (QED) is 0.473. The first-order valence-electron chi connectivity index (χ1n) is 9.67. The molecular formula is C19H32FN3O6. The second kappa shape index (κ2) is 9.89. The number of carbonyl (C=O) groups excluding carboxylic acids is 3. The first kappa shape index (κ1) is 24.6. The molecule has 3 amide bonds. The van der Waals surface area contributed by atoms with E-state index < -0.39 is 47.2 Å². The van der Waals surface area contributed by atoms with Gasteiger partial charge in [0, 0.05) is 18.9 Å². The summed E-state index contributed by atoms with van der Waals surface area (Å²) in [6, 6.07) is -2.69. The molecule has 0 aliphatic carbocycles. The minimum Gasteiger partial charge on any atom is -0.480 e. The highest BCUT2D eigenvalue weighted by molar-refractivity contribution is 5.90. The molecule has 1 saturated heterocycles. The van der Waals surface area contributed by atoms with Crippen LogP contribution in [0.15, 0.2) is 0 Å². The summed E-state index contributed by atoms with van der Waals surface area (Å²) in [7, 11) is 0. The molecule has 0 spiro atoms. The van der Waals surface area contributed by atoms with Crippen molar-refractivity contribution in [2.75, 3.05) is 6.54 Å². The van der Waals surface area contributed by atoms with Crippen molar-refractivity contribution in [3.05, 3.63) is 0 Å². The van der Waals surface area contributed by atoms with E-state index in [1.165, 1.54) is 13.8 Å². The number of halogens is 1. The van der Waals surface area contributed by atoms with E-state index in [1.807, 2.05) is 0 Å². The molecule has 1 aliphatic rings. The van der Waals surface area contributed by atoms with Crippen molar-refractivity contribution >= 4 is 23.9 Å².